The third kappa shape index (κ3) is 5.31. The normalized spacial score (nSPS) is 10.0. The molecule has 6 heteroatoms. The van der Waals surface area contributed by atoms with Gasteiger partial charge in [0.1, 0.15) is 12.4 Å². The molecular formula is C12H16N2O4. The fourth-order valence-corrected chi connectivity index (χ4v) is 1.27. The summed E-state index contributed by atoms with van der Waals surface area (Å²) in [4.78, 5) is 21.1. The van der Waals surface area contributed by atoms with Gasteiger partial charge in [-0.15, -0.1) is 0 Å². The lowest BCUT2D eigenvalue weighted by molar-refractivity contribution is -0.117. The molecule has 18 heavy (non-hydrogen) atoms. The van der Waals surface area contributed by atoms with E-state index in [0.29, 0.717) is 31.9 Å². The SMILES string of the molecule is NC(=O)CCNCCOc1ccc(C(=O)O)cc1. The number of rotatable bonds is 8. The highest BCUT2D eigenvalue weighted by atomic mass is 16.5. The minimum Gasteiger partial charge on any atom is -0.492 e. The van der Waals surface area contributed by atoms with Crippen LogP contribution in [0.3, 0.4) is 0 Å². The Kier molecular flexibility index (Phi) is 5.66. The Morgan fingerprint density at radius 2 is 1.89 bits per heavy atom. The fourth-order valence-electron chi connectivity index (χ4n) is 1.27. The van der Waals surface area contributed by atoms with Crippen LogP contribution in [0.25, 0.3) is 0 Å². The van der Waals surface area contributed by atoms with E-state index in [1.54, 1.807) is 12.1 Å². The van der Waals surface area contributed by atoms with E-state index in [1.807, 2.05) is 0 Å². The zero-order chi connectivity index (χ0) is 13.4. The maximum atomic E-state index is 10.6. The van der Waals surface area contributed by atoms with Crippen LogP contribution in [0.4, 0.5) is 0 Å². The number of nitrogens with one attached hydrogen (secondary N) is 1. The molecule has 0 spiro atoms. The third-order valence-electron chi connectivity index (χ3n) is 2.20. The lowest BCUT2D eigenvalue weighted by atomic mass is 10.2. The number of ether oxygens (including phenoxy) is 1. The number of amides is 1. The van der Waals surface area contributed by atoms with E-state index in [0.717, 1.165) is 0 Å². The van der Waals surface area contributed by atoms with Crippen LogP contribution in [-0.2, 0) is 4.79 Å². The number of aromatic carboxylic acids is 1. The molecule has 0 atom stereocenters. The van der Waals surface area contributed by atoms with Gasteiger partial charge < -0.3 is 20.9 Å². The predicted molar refractivity (Wildman–Crippen MR) is 65.6 cm³/mol. The molecule has 0 heterocycles. The molecule has 0 aliphatic rings. The topological polar surface area (TPSA) is 102 Å². The molecule has 1 amide bonds. The summed E-state index contributed by atoms with van der Waals surface area (Å²) in [6.07, 6.45) is 0.299. The van der Waals surface area contributed by atoms with Crippen LogP contribution < -0.4 is 15.8 Å². The molecular weight excluding hydrogens is 236 g/mol. The van der Waals surface area contributed by atoms with Crippen LogP contribution in [0.15, 0.2) is 24.3 Å². The average Bonchev–Trinajstić information content (AvgIpc) is 2.34. The maximum Gasteiger partial charge on any atom is 0.335 e. The van der Waals surface area contributed by atoms with Crippen molar-refractivity contribution in [3.05, 3.63) is 29.8 Å². The van der Waals surface area contributed by atoms with E-state index in [1.165, 1.54) is 12.1 Å². The van der Waals surface area contributed by atoms with Gasteiger partial charge in [0.05, 0.1) is 5.56 Å². The van der Waals surface area contributed by atoms with Gasteiger partial charge in [-0.1, -0.05) is 0 Å². The third-order valence-corrected chi connectivity index (χ3v) is 2.20. The van der Waals surface area contributed by atoms with Gasteiger partial charge in [-0.05, 0) is 24.3 Å². The number of hydrogen-bond acceptors (Lipinski definition) is 4. The second-order valence-corrected chi connectivity index (χ2v) is 3.64. The van der Waals surface area contributed by atoms with E-state index >= 15 is 0 Å². The van der Waals surface area contributed by atoms with Crippen molar-refractivity contribution in [2.24, 2.45) is 5.73 Å². The first kappa shape index (κ1) is 14.0. The zero-order valence-corrected chi connectivity index (χ0v) is 9.89. The lowest BCUT2D eigenvalue weighted by Crippen LogP contribution is -2.25. The first-order valence-corrected chi connectivity index (χ1v) is 5.55. The van der Waals surface area contributed by atoms with E-state index < -0.39 is 5.97 Å². The molecule has 0 saturated heterocycles. The fraction of sp³-hybridized carbons (Fsp3) is 0.333. The van der Waals surface area contributed by atoms with Gasteiger partial charge in [0.25, 0.3) is 0 Å². The number of carboxylic acid groups (broad SMARTS) is 1. The minimum atomic E-state index is -0.963. The second kappa shape index (κ2) is 7.29. The summed E-state index contributed by atoms with van der Waals surface area (Å²) >= 11 is 0. The first-order chi connectivity index (χ1) is 8.59. The van der Waals surface area contributed by atoms with E-state index in [9.17, 15) is 9.59 Å². The van der Waals surface area contributed by atoms with Crippen molar-refractivity contribution < 1.29 is 19.4 Å². The molecule has 1 aromatic rings. The second-order valence-electron chi connectivity index (χ2n) is 3.64. The highest BCUT2D eigenvalue weighted by Gasteiger charge is 2.01. The van der Waals surface area contributed by atoms with E-state index in [4.69, 9.17) is 15.6 Å². The van der Waals surface area contributed by atoms with Gasteiger partial charge in [-0.25, -0.2) is 4.79 Å². The van der Waals surface area contributed by atoms with Gasteiger partial charge in [0.15, 0.2) is 0 Å². The lowest BCUT2D eigenvalue weighted by Gasteiger charge is -2.07. The summed E-state index contributed by atoms with van der Waals surface area (Å²) in [5, 5.41) is 11.7. The molecule has 0 bridgehead atoms. The smallest absolute Gasteiger partial charge is 0.335 e. The number of nitrogens with two attached hydrogens (primary N) is 1. The molecule has 0 radical (unpaired) electrons. The van der Waals surface area contributed by atoms with Gasteiger partial charge in [0.2, 0.25) is 5.91 Å². The standard InChI is InChI=1S/C12H16N2O4/c13-11(15)5-6-14-7-8-18-10-3-1-9(2-4-10)12(16)17/h1-4,14H,5-8H2,(H2,13,15)(H,16,17). The van der Waals surface area contributed by atoms with Crippen molar-refractivity contribution in [3.8, 4) is 5.75 Å². The zero-order valence-electron chi connectivity index (χ0n) is 9.89. The van der Waals surface area contributed by atoms with Crippen molar-refractivity contribution in [2.75, 3.05) is 19.7 Å². The molecule has 1 aromatic carbocycles. The van der Waals surface area contributed by atoms with Crippen LogP contribution in [0.2, 0.25) is 0 Å². The monoisotopic (exact) mass is 252 g/mol. The van der Waals surface area contributed by atoms with Crippen molar-refractivity contribution in [1.29, 1.82) is 0 Å². The van der Waals surface area contributed by atoms with Crippen LogP contribution >= 0.6 is 0 Å². The van der Waals surface area contributed by atoms with Crippen LogP contribution in [0.5, 0.6) is 5.75 Å². The molecule has 0 aliphatic heterocycles. The highest BCUT2D eigenvalue weighted by Crippen LogP contribution is 2.11. The molecule has 98 valence electrons. The Bertz CT molecular complexity index is 403. The van der Waals surface area contributed by atoms with Crippen molar-refractivity contribution in [1.82, 2.24) is 5.32 Å². The molecule has 1 rings (SSSR count). The largest absolute Gasteiger partial charge is 0.492 e. The number of carboxylic acids is 1. The van der Waals surface area contributed by atoms with Crippen molar-refractivity contribution >= 4 is 11.9 Å². The summed E-state index contributed by atoms with van der Waals surface area (Å²) in [5.41, 5.74) is 5.20. The quantitative estimate of drug-likeness (QED) is 0.575. The maximum absolute atomic E-state index is 10.6. The minimum absolute atomic E-state index is 0.224. The number of carbonyl (C=O) groups excluding carboxylic acids is 1. The van der Waals surface area contributed by atoms with E-state index in [2.05, 4.69) is 5.32 Å². The molecule has 0 aliphatic carbocycles. The number of carbonyl (C=O) groups is 2. The Labute approximate surface area is 105 Å². The summed E-state index contributed by atoms with van der Waals surface area (Å²) < 4.78 is 5.38. The van der Waals surface area contributed by atoms with Crippen LogP contribution in [0, 0.1) is 0 Å². The molecule has 4 N–H and O–H groups in total. The predicted octanol–water partition coefficient (Wildman–Crippen LogP) is 0.229. The molecule has 0 unspecified atom stereocenters. The summed E-state index contributed by atoms with van der Waals surface area (Å²) in [6, 6.07) is 6.18. The Morgan fingerprint density at radius 1 is 1.22 bits per heavy atom. The van der Waals surface area contributed by atoms with Crippen LogP contribution in [0.1, 0.15) is 16.8 Å². The Morgan fingerprint density at radius 3 is 2.44 bits per heavy atom. The molecule has 0 aromatic heterocycles. The van der Waals surface area contributed by atoms with Crippen molar-refractivity contribution in [2.45, 2.75) is 6.42 Å². The molecule has 6 nitrogen and oxygen atoms in total. The van der Waals surface area contributed by atoms with Gasteiger partial charge >= 0.3 is 5.97 Å². The van der Waals surface area contributed by atoms with Gasteiger partial charge in [0, 0.05) is 19.5 Å². The number of benzene rings is 1. The van der Waals surface area contributed by atoms with E-state index in [-0.39, 0.29) is 11.5 Å². The summed E-state index contributed by atoms with van der Waals surface area (Å²) in [6.45, 7) is 1.55. The number of hydrogen-bond donors (Lipinski definition) is 3. The van der Waals surface area contributed by atoms with Crippen LogP contribution in [-0.4, -0.2) is 36.7 Å². The first-order valence-electron chi connectivity index (χ1n) is 5.55. The average molecular weight is 252 g/mol. The Balaban J connectivity index is 2.19. The Hall–Kier alpha value is -2.08. The number of primary amides is 1. The molecule has 0 saturated carbocycles. The van der Waals surface area contributed by atoms with Crippen molar-refractivity contribution in [3.63, 3.8) is 0 Å². The molecule has 0 fully saturated rings. The summed E-state index contributed by atoms with van der Waals surface area (Å²) in [7, 11) is 0. The summed E-state index contributed by atoms with van der Waals surface area (Å²) in [5.74, 6) is -0.695. The highest BCUT2D eigenvalue weighted by molar-refractivity contribution is 5.87. The van der Waals surface area contributed by atoms with Gasteiger partial charge in [-0.2, -0.15) is 0 Å². The van der Waals surface area contributed by atoms with Gasteiger partial charge in [-0.3, -0.25) is 4.79 Å².